The van der Waals surface area contributed by atoms with Gasteiger partial charge < -0.3 is 9.32 Å². The lowest BCUT2D eigenvalue weighted by molar-refractivity contribution is -0.921. The summed E-state index contributed by atoms with van der Waals surface area (Å²) < 4.78 is 3.40. The molecule has 0 fully saturated rings. The van der Waals surface area contributed by atoms with Crippen molar-refractivity contribution < 1.29 is 14.1 Å². The molecule has 7 heteroatoms. The minimum Gasteiger partial charge on any atom is -0.459 e. The van der Waals surface area contributed by atoms with E-state index in [0.29, 0.717) is 6.54 Å². The Balaban J connectivity index is 2.10. The zero-order valence-electron chi connectivity index (χ0n) is 11.9. The number of quaternary nitrogens is 1. The van der Waals surface area contributed by atoms with E-state index in [1.807, 2.05) is 37.4 Å². The third-order valence-corrected chi connectivity index (χ3v) is 3.82. The van der Waals surface area contributed by atoms with Crippen LogP contribution in [0.4, 0.5) is 0 Å². The number of amides is 1. The molecule has 4 nitrogen and oxygen atoms in total. The van der Waals surface area contributed by atoms with E-state index < -0.39 is 15.9 Å². The first-order valence-electron chi connectivity index (χ1n) is 6.65. The number of alkyl halides is 3. The first-order chi connectivity index (χ1) is 10.4. The van der Waals surface area contributed by atoms with Gasteiger partial charge in [-0.05, 0) is 12.1 Å². The van der Waals surface area contributed by atoms with Gasteiger partial charge in [0.1, 0.15) is 6.54 Å². The highest BCUT2D eigenvalue weighted by Crippen LogP contribution is 2.28. The van der Waals surface area contributed by atoms with Gasteiger partial charge in [0.2, 0.25) is 6.17 Å². The lowest BCUT2D eigenvalue weighted by Gasteiger charge is -2.30. The van der Waals surface area contributed by atoms with Gasteiger partial charge in [0.05, 0.1) is 13.3 Å². The minimum atomic E-state index is -1.65. The van der Waals surface area contributed by atoms with Crippen LogP contribution >= 0.6 is 34.8 Å². The predicted octanol–water partition coefficient (Wildman–Crippen LogP) is 2.42. The van der Waals surface area contributed by atoms with Crippen LogP contribution in [0.3, 0.4) is 0 Å². The van der Waals surface area contributed by atoms with Gasteiger partial charge in [0, 0.05) is 5.56 Å². The number of nitrogens with one attached hydrogen (secondary N) is 2. The molecule has 0 saturated carbocycles. The molecule has 0 bridgehead atoms. The monoisotopic (exact) mass is 361 g/mol. The highest BCUT2D eigenvalue weighted by molar-refractivity contribution is 6.68. The van der Waals surface area contributed by atoms with Crippen molar-refractivity contribution in [2.45, 2.75) is 16.5 Å². The van der Waals surface area contributed by atoms with E-state index in [4.69, 9.17) is 39.2 Å². The van der Waals surface area contributed by atoms with E-state index in [1.54, 1.807) is 12.1 Å². The van der Waals surface area contributed by atoms with Crippen molar-refractivity contribution in [2.24, 2.45) is 0 Å². The molecule has 1 aromatic carbocycles. The van der Waals surface area contributed by atoms with Gasteiger partial charge in [0.15, 0.2) is 5.76 Å². The SMILES string of the molecule is C[NH+](Cc1ccccc1)[C@@H](NC(=O)c1ccco1)C(Cl)(Cl)Cl. The van der Waals surface area contributed by atoms with Crippen molar-refractivity contribution in [1.82, 2.24) is 5.32 Å². The second-order valence-electron chi connectivity index (χ2n) is 4.93. The van der Waals surface area contributed by atoms with Crippen molar-refractivity contribution in [3.05, 3.63) is 60.1 Å². The van der Waals surface area contributed by atoms with Crippen LogP contribution in [0.1, 0.15) is 16.1 Å². The average Bonchev–Trinajstić information content (AvgIpc) is 2.98. The number of benzene rings is 1. The van der Waals surface area contributed by atoms with E-state index in [-0.39, 0.29) is 5.76 Å². The van der Waals surface area contributed by atoms with Crippen LogP contribution in [0.25, 0.3) is 0 Å². The van der Waals surface area contributed by atoms with Gasteiger partial charge >= 0.3 is 0 Å². The van der Waals surface area contributed by atoms with Crippen LogP contribution in [0, 0.1) is 0 Å². The Labute approximate surface area is 143 Å². The first-order valence-corrected chi connectivity index (χ1v) is 7.78. The normalized spacial score (nSPS) is 14.4. The molecule has 1 heterocycles. The number of furan rings is 1. The molecule has 2 N–H and O–H groups in total. The molecule has 0 aliphatic rings. The van der Waals surface area contributed by atoms with E-state index in [9.17, 15) is 4.79 Å². The summed E-state index contributed by atoms with van der Waals surface area (Å²) in [7, 11) is 1.85. The molecule has 1 aromatic heterocycles. The average molecular weight is 363 g/mol. The lowest BCUT2D eigenvalue weighted by Crippen LogP contribution is -3.15. The summed E-state index contributed by atoms with van der Waals surface area (Å²) in [6.07, 6.45) is 0.690. The number of hydrogen-bond donors (Lipinski definition) is 2. The van der Waals surface area contributed by atoms with E-state index in [1.165, 1.54) is 6.26 Å². The topological polar surface area (TPSA) is 46.7 Å². The lowest BCUT2D eigenvalue weighted by atomic mass is 10.2. The van der Waals surface area contributed by atoms with Crippen molar-refractivity contribution in [3.8, 4) is 0 Å². The fraction of sp³-hybridized carbons (Fsp3) is 0.267. The van der Waals surface area contributed by atoms with Gasteiger partial charge in [-0.15, -0.1) is 0 Å². The molecular weight excluding hydrogens is 347 g/mol. The molecule has 0 aliphatic heterocycles. The maximum Gasteiger partial charge on any atom is 0.291 e. The standard InChI is InChI=1S/C15H15Cl3N2O2/c1-20(10-11-6-3-2-4-7-11)14(15(16,17)18)19-13(21)12-8-5-9-22-12/h2-9,14H,10H2,1H3,(H,19,21)/p+1/t14-/m1/s1. The Morgan fingerprint density at radius 2 is 1.91 bits per heavy atom. The van der Waals surface area contributed by atoms with Gasteiger partial charge in [0.25, 0.3) is 9.70 Å². The highest BCUT2D eigenvalue weighted by atomic mass is 35.6. The number of carbonyl (C=O) groups is 1. The van der Waals surface area contributed by atoms with Crippen LogP contribution in [-0.2, 0) is 6.54 Å². The Morgan fingerprint density at radius 1 is 1.23 bits per heavy atom. The molecular formula is C15H16Cl3N2O2+. The molecule has 2 aromatic rings. The van der Waals surface area contributed by atoms with E-state index >= 15 is 0 Å². The van der Waals surface area contributed by atoms with Crippen LogP contribution in [0.2, 0.25) is 0 Å². The zero-order chi connectivity index (χ0) is 16.2. The second kappa shape index (κ2) is 7.38. The van der Waals surface area contributed by atoms with Crippen molar-refractivity contribution in [1.29, 1.82) is 0 Å². The third kappa shape index (κ3) is 4.65. The maximum atomic E-state index is 12.1. The largest absolute Gasteiger partial charge is 0.459 e. The molecule has 2 rings (SSSR count). The summed E-state index contributed by atoms with van der Waals surface area (Å²) in [4.78, 5) is 13.0. The Hall–Kier alpha value is -1.20. The summed E-state index contributed by atoms with van der Waals surface area (Å²) in [6.45, 7) is 0.595. The smallest absolute Gasteiger partial charge is 0.291 e. The summed E-state index contributed by atoms with van der Waals surface area (Å²) in [6, 6.07) is 12.9. The molecule has 1 unspecified atom stereocenters. The van der Waals surface area contributed by atoms with Crippen molar-refractivity contribution >= 4 is 40.7 Å². The fourth-order valence-corrected chi connectivity index (χ4v) is 2.84. The van der Waals surface area contributed by atoms with Gasteiger partial charge in [-0.3, -0.25) is 10.1 Å². The second-order valence-corrected chi connectivity index (χ2v) is 7.30. The summed E-state index contributed by atoms with van der Waals surface area (Å²) in [5, 5.41) is 2.71. The Bertz CT molecular complexity index is 597. The third-order valence-electron chi connectivity index (χ3n) is 3.17. The molecule has 0 aliphatic carbocycles. The summed E-state index contributed by atoms with van der Waals surface area (Å²) in [5.74, 6) is -0.250. The number of rotatable bonds is 5. The molecule has 118 valence electrons. The van der Waals surface area contributed by atoms with Crippen molar-refractivity contribution in [3.63, 3.8) is 0 Å². The molecule has 2 atom stereocenters. The van der Waals surface area contributed by atoms with E-state index in [2.05, 4.69) is 5.32 Å². The Morgan fingerprint density at radius 3 is 2.45 bits per heavy atom. The first kappa shape index (κ1) is 17.2. The zero-order valence-corrected chi connectivity index (χ0v) is 14.1. The number of hydrogen-bond acceptors (Lipinski definition) is 2. The van der Waals surface area contributed by atoms with Crippen LogP contribution in [0.15, 0.2) is 53.1 Å². The molecule has 0 radical (unpaired) electrons. The molecule has 1 amide bonds. The quantitative estimate of drug-likeness (QED) is 0.634. The number of carbonyl (C=O) groups excluding carboxylic acids is 1. The van der Waals surface area contributed by atoms with Gasteiger partial charge in [-0.25, -0.2) is 0 Å². The van der Waals surface area contributed by atoms with Crippen LogP contribution in [0.5, 0.6) is 0 Å². The van der Waals surface area contributed by atoms with E-state index in [0.717, 1.165) is 10.5 Å². The van der Waals surface area contributed by atoms with Crippen LogP contribution in [-0.4, -0.2) is 22.9 Å². The molecule has 22 heavy (non-hydrogen) atoms. The molecule has 0 saturated heterocycles. The van der Waals surface area contributed by atoms with Gasteiger partial charge in [-0.1, -0.05) is 65.1 Å². The maximum absolute atomic E-state index is 12.1. The van der Waals surface area contributed by atoms with Crippen molar-refractivity contribution in [2.75, 3.05) is 7.05 Å². The summed E-state index contributed by atoms with van der Waals surface area (Å²) >= 11 is 18.1. The molecule has 0 spiro atoms. The highest BCUT2D eigenvalue weighted by Gasteiger charge is 2.41. The fourth-order valence-electron chi connectivity index (χ4n) is 2.11. The van der Waals surface area contributed by atoms with Crippen LogP contribution < -0.4 is 10.2 Å². The summed E-state index contributed by atoms with van der Waals surface area (Å²) in [5.41, 5.74) is 1.08. The predicted molar refractivity (Wildman–Crippen MR) is 87.3 cm³/mol. The number of halogens is 3. The minimum absolute atomic E-state index is 0.173. The Kier molecular flexibility index (Phi) is 5.75. The van der Waals surface area contributed by atoms with Gasteiger partial charge in [-0.2, -0.15) is 0 Å².